The second kappa shape index (κ2) is 9.46. The number of rotatable bonds is 8. The summed E-state index contributed by atoms with van der Waals surface area (Å²) in [6.45, 7) is 11.3. The van der Waals surface area contributed by atoms with Crippen LogP contribution in [0.1, 0.15) is 20.3 Å². The van der Waals surface area contributed by atoms with Crippen molar-refractivity contribution in [3.63, 3.8) is 0 Å². The van der Waals surface area contributed by atoms with E-state index in [-0.39, 0.29) is 24.4 Å². The molecule has 0 rings (SSSR count). The smallest absolute Gasteiger partial charge is 0.339 e. The van der Waals surface area contributed by atoms with E-state index >= 15 is 0 Å². The first-order chi connectivity index (χ1) is 9.43. The number of hydrogen-bond donors (Lipinski definition) is 1. The minimum atomic E-state index is -1.10. The van der Waals surface area contributed by atoms with Crippen molar-refractivity contribution in [2.24, 2.45) is 0 Å². The monoisotopic (exact) mass is 272 g/mol. The molecule has 0 heterocycles. The summed E-state index contributed by atoms with van der Waals surface area (Å²) in [6.07, 6.45) is 12.1. The molecule has 106 valence electrons. The van der Waals surface area contributed by atoms with Gasteiger partial charge in [0.15, 0.2) is 0 Å². The molecule has 3 heteroatoms. The standard InChI is InChI=1S/C17H20O3/c1-6-8-10-13(3)14(4)12-20-15(5)16(17(18)19)11-9-7-2/h2,6,8,10-11H,1,5,9,12H2,3-4H3,(H,18,19)/b10-8-,14-13+,16-11+. The Kier molecular flexibility index (Phi) is 8.29. The lowest BCUT2D eigenvalue weighted by Crippen LogP contribution is -2.07. The third kappa shape index (κ3) is 6.46. The molecule has 0 aromatic carbocycles. The van der Waals surface area contributed by atoms with Crippen molar-refractivity contribution in [3.05, 3.63) is 59.9 Å². The minimum absolute atomic E-state index is 0.00460. The lowest BCUT2D eigenvalue weighted by Gasteiger charge is -2.11. The van der Waals surface area contributed by atoms with Crippen LogP contribution in [0.2, 0.25) is 0 Å². The van der Waals surface area contributed by atoms with Gasteiger partial charge in [0.05, 0.1) is 5.57 Å². The molecule has 0 aromatic rings. The lowest BCUT2D eigenvalue weighted by molar-refractivity contribution is -0.132. The van der Waals surface area contributed by atoms with Crippen LogP contribution >= 0.6 is 0 Å². The van der Waals surface area contributed by atoms with Crippen molar-refractivity contribution >= 4 is 5.97 Å². The number of terminal acetylenes is 1. The Labute approximate surface area is 120 Å². The van der Waals surface area contributed by atoms with E-state index in [2.05, 4.69) is 19.1 Å². The molecule has 3 nitrogen and oxygen atoms in total. The Morgan fingerprint density at radius 1 is 1.45 bits per heavy atom. The van der Waals surface area contributed by atoms with Gasteiger partial charge in [-0.2, -0.15) is 0 Å². The zero-order valence-electron chi connectivity index (χ0n) is 12.0. The van der Waals surface area contributed by atoms with E-state index in [0.717, 1.165) is 11.1 Å². The van der Waals surface area contributed by atoms with Gasteiger partial charge in [0, 0.05) is 6.42 Å². The third-order valence-electron chi connectivity index (χ3n) is 2.57. The molecule has 20 heavy (non-hydrogen) atoms. The number of carbonyl (C=O) groups is 1. The predicted octanol–water partition coefficient (Wildman–Crippen LogP) is 3.63. The van der Waals surface area contributed by atoms with Crippen molar-refractivity contribution in [1.82, 2.24) is 0 Å². The Balaban J connectivity index is 4.77. The van der Waals surface area contributed by atoms with Crippen molar-refractivity contribution in [2.45, 2.75) is 20.3 Å². The topological polar surface area (TPSA) is 46.5 Å². The van der Waals surface area contributed by atoms with Crippen LogP contribution in [0, 0.1) is 12.3 Å². The highest BCUT2D eigenvalue weighted by Crippen LogP contribution is 2.14. The molecule has 0 fully saturated rings. The first-order valence-electron chi connectivity index (χ1n) is 6.08. The molecule has 0 radical (unpaired) electrons. The maximum absolute atomic E-state index is 11.1. The van der Waals surface area contributed by atoms with Gasteiger partial charge in [-0.3, -0.25) is 0 Å². The van der Waals surface area contributed by atoms with E-state index in [1.165, 1.54) is 6.08 Å². The number of carboxylic acid groups (broad SMARTS) is 1. The van der Waals surface area contributed by atoms with Crippen LogP contribution in [-0.2, 0) is 9.53 Å². The first kappa shape index (κ1) is 17.5. The molecule has 0 bridgehead atoms. The van der Waals surface area contributed by atoms with Crippen LogP contribution in [0.15, 0.2) is 59.9 Å². The molecule has 0 saturated carbocycles. The summed E-state index contributed by atoms with van der Waals surface area (Å²) in [5.74, 6) is 1.35. The van der Waals surface area contributed by atoms with Crippen LogP contribution in [-0.4, -0.2) is 17.7 Å². The summed E-state index contributed by atoms with van der Waals surface area (Å²) in [5, 5.41) is 9.05. The molecule has 1 N–H and O–H groups in total. The van der Waals surface area contributed by atoms with Gasteiger partial charge in [-0.1, -0.05) is 37.5 Å². The van der Waals surface area contributed by atoms with E-state index in [4.69, 9.17) is 16.3 Å². The van der Waals surface area contributed by atoms with Crippen molar-refractivity contribution in [1.29, 1.82) is 0 Å². The fourth-order valence-electron chi connectivity index (χ4n) is 1.22. The van der Waals surface area contributed by atoms with Gasteiger partial charge in [0.25, 0.3) is 0 Å². The van der Waals surface area contributed by atoms with Gasteiger partial charge in [0.1, 0.15) is 12.4 Å². The summed E-state index contributed by atoms with van der Waals surface area (Å²) >= 11 is 0. The van der Waals surface area contributed by atoms with Gasteiger partial charge >= 0.3 is 5.97 Å². The molecule has 0 saturated heterocycles. The highest BCUT2D eigenvalue weighted by Gasteiger charge is 2.12. The molecule has 0 atom stereocenters. The second-order valence-corrected chi connectivity index (χ2v) is 4.10. The summed E-state index contributed by atoms with van der Waals surface area (Å²) < 4.78 is 5.40. The average molecular weight is 272 g/mol. The Morgan fingerprint density at radius 2 is 2.10 bits per heavy atom. The van der Waals surface area contributed by atoms with Crippen LogP contribution in [0.25, 0.3) is 0 Å². The Hall–Kier alpha value is -2.47. The molecular weight excluding hydrogens is 252 g/mol. The molecule has 0 aromatic heterocycles. The van der Waals surface area contributed by atoms with E-state index in [1.54, 1.807) is 6.08 Å². The zero-order valence-corrected chi connectivity index (χ0v) is 12.0. The van der Waals surface area contributed by atoms with E-state index in [9.17, 15) is 4.79 Å². The summed E-state index contributed by atoms with van der Waals surface area (Å²) in [7, 11) is 0. The van der Waals surface area contributed by atoms with Crippen LogP contribution < -0.4 is 0 Å². The second-order valence-electron chi connectivity index (χ2n) is 4.10. The van der Waals surface area contributed by atoms with Crippen LogP contribution in [0.5, 0.6) is 0 Å². The third-order valence-corrected chi connectivity index (χ3v) is 2.57. The fraction of sp³-hybridized carbons (Fsp3) is 0.235. The highest BCUT2D eigenvalue weighted by atomic mass is 16.5. The normalized spacial score (nSPS) is 12.6. The summed E-state index contributed by atoms with van der Waals surface area (Å²) in [6, 6.07) is 0. The lowest BCUT2D eigenvalue weighted by atomic mass is 10.1. The largest absolute Gasteiger partial charge is 0.489 e. The van der Waals surface area contributed by atoms with Gasteiger partial charge < -0.3 is 9.84 Å². The van der Waals surface area contributed by atoms with Gasteiger partial charge in [-0.05, 0) is 25.0 Å². The molecular formula is C17H20O3. The van der Waals surface area contributed by atoms with Crippen molar-refractivity contribution in [3.8, 4) is 12.3 Å². The number of allylic oxidation sites excluding steroid dienone is 5. The molecule has 0 aliphatic heterocycles. The van der Waals surface area contributed by atoms with Crippen LogP contribution in [0.3, 0.4) is 0 Å². The Bertz CT molecular complexity index is 511. The number of hydrogen-bond acceptors (Lipinski definition) is 2. The fourth-order valence-corrected chi connectivity index (χ4v) is 1.22. The quantitative estimate of drug-likeness (QED) is 0.318. The molecule has 0 unspecified atom stereocenters. The zero-order chi connectivity index (χ0) is 15.5. The summed E-state index contributed by atoms with van der Waals surface area (Å²) in [5.41, 5.74) is 2.00. The molecule has 0 amide bonds. The molecule has 0 aliphatic carbocycles. The Morgan fingerprint density at radius 3 is 2.60 bits per heavy atom. The van der Waals surface area contributed by atoms with E-state index < -0.39 is 5.97 Å². The number of carboxylic acids is 1. The minimum Gasteiger partial charge on any atom is -0.489 e. The van der Waals surface area contributed by atoms with Crippen molar-refractivity contribution in [2.75, 3.05) is 6.61 Å². The van der Waals surface area contributed by atoms with E-state index in [1.807, 2.05) is 26.0 Å². The summed E-state index contributed by atoms with van der Waals surface area (Å²) in [4.78, 5) is 11.1. The average Bonchev–Trinajstić information content (AvgIpc) is 2.41. The predicted molar refractivity (Wildman–Crippen MR) is 82.0 cm³/mol. The van der Waals surface area contributed by atoms with Crippen LogP contribution in [0.4, 0.5) is 0 Å². The molecule has 0 aliphatic rings. The number of aliphatic carboxylic acids is 1. The maximum atomic E-state index is 11.1. The van der Waals surface area contributed by atoms with Gasteiger partial charge in [0.2, 0.25) is 0 Å². The van der Waals surface area contributed by atoms with Gasteiger partial charge in [-0.15, -0.1) is 12.3 Å². The number of ether oxygens (including phenoxy) is 1. The maximum Gasteiger partial charge on any atom is 0.339 e. The first-order valence-corrected chi connectivity index (χ1v) is 6.08. The van der Waals surface area contributed by atoms with Gasteiger partial charge in [-0.25, -0.2) is 4.79 Å². The highest BCUT2D eigenvalue weighted by molar-refractivity contribution is 5.90. The SMILES string of the molecule is C#CC/C=C(\C(=C)OC/C(C)=C(C)/C=C\C=C)C(=O)O. The van der Waals surface area contributed by atoms with Crippen molar-refractivity contribution < 1.29 is 14.6 Å². The van der Waals surface area contributed by atoms with E-state index in [0.29, 0.717) is 0 Å². The molecule has 0 spiro atoms.